The topological polar surface area (TPSA) is 72.4 Å². The number of hydrogen-bond acceptors (Lipinski definition) is 4. The molecule has 0 aliphatic rings. The number of nitrogens with two attached hydrogens (primary N) is 1. The molecule has 0 saturated heterocycles. The van der Waals surface area contributed by atoms with Crippen molar-refractivity contribution in [2.24, 2.45) is 5.73 Å². The molecule has 0 unspecified atom stereocenters. The Bertz CT molecular complexity index is 245. The van der Waals surface area contributed by atoms with Gasteiger partial charge >= 0.3 is 0 Å². The van der Waals surface area contributed by atoms with Crippen molar-refractivity contribution in [2.45, 2.75) is 0 Å². The van der Waals surface area contributed by atoms with E-state index in [1.54, 1.807) is 7.05 Å². The van der Waals surface area contributed by atoms with Crippen LogP contribution < -0.4 is 5.73 Å². The van der Waals surface area contributed by atoms with Gasteiger partial charge in [-0.15, -0.1) is 0 Å². The highest BCUT2D eigenvalue weighted by atomic mass is 16.5. The summed E-state index contributed by atoms with van der Waals surface area (Å²) in [6.07, 6.45) is 1.43. The summed E-state index contributed by atoms with van der Waals surface area (Å²) >= 11 is 0. The van der Waals surface area contributed by atoms with Gasteiger partial charge in [0, 0.05) is 26.2 Å². The highest BCUT2D eigenvalue weighted by Gasteiger charge is 2.13. The van der Waals surface area contributed by atoms with Crippen molar-refractivity contribution in [3.63, 3.8) is 0 Å². The van der Waals surface area contributed by atoms with Gasteiger partial charge in [-0.25, -0.2) is 0 Å². The Hall–Kier alpha value is -1.36. The monoisotopic (exact) mass is 169 g/mol. The molecular formula is C7H11N3O2. The highest BCUT2D eigenvalue weighted by molar-refractivity contribution is 5.91. The Kier molecular flexibility index (Phi) is 2.82. The molecule has 1 aromatic heterocycles. The summed E-state index contributed by atoms with van der Waals surface area (Å²) in [7, 11) is 1.66. The largest absolute Gasteiger partial charge is 0.351 e. The van der Waals surface area contributed by atoms with E-state index in [9.17, 15) is 4.79 Å². The second-order valence-electron chi connectivity index (χ2n) is 2.39. The average molecular weight is 169 g/mol. The predicted molar refractivity (Wildman–Crippen MR) is 42.5 cm³/mol. The maximum atomic E-state index is 11.3. The van der Waals surface area contributed by atoms with Crippen LogP contribution in [0.15, 0.2) is 16.8 Å². The fraction of sp³-hybridized carbons (Fsp3) is 0.429. The van der Waals surface area contributed by atoms with E-state index in [1.165, 1.54) is 17.2 Å². The van der Waals surface area contributed by atoms with E-state index in [0.717, 1.165) is 0 Å². The van der Waals surface area contributed by atoms with Gasteiger partial charge in [-0.3, -0.25) is 4.79 Å². The van der Waals surface area contributed by atoms with Crippen LogP contribution in [0.25, 0.3) is 0 Å². The van der Waals surface area contributed by atoms with Gasteiger partial charge in [-0.05, 0) is 0 Å². The second kappa shape index (κ2) is 3.87. The van der Waals surface area contributed by atoms with Gasteiger partial charge in [0.15, 0.2) is 0 Å². The maximum absolute atomic E-state index is 11.3. The Balaban J connectivity index is 2.59. The molecule has 0 bridgehead atoms. The van der Waals surface area contributed by atoms with Crippen LogP contribution in [0.1, 0.15) is 10.6 Å². The van der Waals surface area contributed by atoms with Crippen molar-refractivity contribution in [3.8, 4) is 0 Å². The molecule has 0 saturated carbocycles. The van der Waals surface area contributed by atoms with Crippen molar-refractivity contribution < 1.29 is 9.32 Å². The molecule has 0 spiro atoms. The van der Waals surface area contributed by atoms with Gasteiger partial charge < -0.3 is 15.2 Å². The second-order valence-corrected chi connectivity index (χ2v) is 2.39. The molecule has 2 N–H and O–H groups in total. The Labute approximate surface area is 70.1 Å². The molecule has 0 aliphatic carbocycles. The van der Waals surface area contributed by atoms with E-state index in [0.29, 0.717) is 13.1 Å². The summed E-state index contributed by atoms with van der Waals surface area (Å²) in [4.78, 5) is 12.8. The van der Waals surface area contributed by atoms with E-state index < -0.39 is 0 Å². The van der Waals surface area contributed by atoms with E-state index >= 15 is 0 Å². The Morgan fingerprint density at radius 1 is 1.83 bits per heavy atom. The molecule has 66 valence electrons. The lowest BCUT2D eigenvalue weighted by atomic mass is 10.4. The molecule has 0 aromatic carbocycles. The molecule has 5 nitrogen and oxygen atoms in total. The van der Waals surface area contributed by atoms with Gasteiger partial charge in [0.05, 0.1) is 6.20 Å². The van der Waals surface area contributed by atoms with Crippen LogP contribution in [0.5, 0.6) is 0 Å². The van der Waals surface area contributed by atoms with Gasteiger partial charge in [0.25, 0.3) is 5.91 Å². The third-order valence-corrected chi connectivity index (χ3v) is 1.46. The standard InChI is InChI=1S/C7H11N3O2/c1-10(5-3-8)7(11)6-2-4-9-12-6/h2,4H,3,5,8H2,1H3. The van der Waals surface area contributed by atoms with Gasteiger partial charge in [0.2, 0.25) is 5.76 Å². The number of aromatic nitrogens is 1. The first-order valence-electron chi connectivity index (χ1n) is 3.62. The van der Waals surface area contributed by atoms with Crippen molar-refractivity contribution in [3.05, 3.63) is 18.0 Å². The number of carbonyl (C=O) groups excluding carboxylic acids is 1. The number of likely N-dealkylation sites (N-methyl/N-ethyl adjacent to an activating group) is 1. The summed E-state index contributed by atoms with van der Waals surface area (Å²) in [6.45, 7) is 0.954. The molecule has 1 rings (SSSR count). The summed E-state index contributed by atoms with van der Waals surface area (Å²) in [5.41, 5.74) is 5.28. The Morgan fingerprint density at radius 2 is 2.58 bits per heavy atom. The van der Waals surface area contributed by atoms with Crippen molar-refractivity contribution in [1.82, 2.24) is 10.1 Å². The van der Waals surface area contributed by atoms with Crippen LogP contribution >= 0.6 is 0 Å². The third-order valence-electron chi connectivity index (χ3n) is 1.46. The summed E-state index contributed by atoms with van der Waals surface area (Å²) in [5.74, 6) is 0.0453. The van der Waals surface area contributed by atoms with E-state index in [1.807, 2.05) is 0 Å². The summed E-state index contributed by atoms with van der Waals surface area (Å²) in [5, 5.41) is 3.43. The predicted octanol–water partition coefficient (Wildman–Crippen LogP) is -0.295. The first-order valence-corrected chi connectivity index (χ1v) is 3.62. The normalized spacial score (nSPS) is 9.83. The number of rotatable bonds is 3. The minimum Gasteiger partial charge on any atom is -0.351 e. The molecule has 0 fully saturated rings. The highest BCUT2D eigenvalue weighted by Crippen LogP contribution is 2.00. The molecule has 1 aromatic rings. The zero-order valence-electron chi connectivity index (χ0n) is 6.86. The zero-order chi connectivity index (χ0) is 8.97. The van der Waals surface area contributed by atoms with E-state index in [2.05, 4.69) is 9.68 Å². The van der Waals surface area contributed by atoms with Gasteiger partial charge in [-0.1, -0.05) is 5.16 Å². The number of carbonyl (C=O) groups is 1. The maximum Gasteiger partial charge on any atom is 0.292 e. The van der Waals surface area contributed by atoms with Crippen LogP contribution in [0.3, 0.4) is 0 Å². The molecule has 0 aliphatic heterocycles. The zero-order valence-corrected chi connectivity index (χ0v) is 6.86. The lowest BCUT2D eigenvalue weighted by Gasteiger charge is -2.12. The first kappa shape index (κ1) is 8.73. The van der Waals surface area contributed by atoms with Crippen molar-refractivity contribution >= 4 is 5.91 Å². The average Bonchev–Trinajstić information content (AvgIpc) is 2.55. The van der Waals surface area contributed by atoms with Crippen LogP contribution in [-0.2, 0) is 0 Å². The summed E-state index contributed by atoms with van der Waals surface area (Å²) < 4.78 is 4.68. The number of amides is 1. The molecule has 0 atom stereocenters. The van der Waals surface area contributed by atoms with Crippen LogP contribution in [-0.4, -0.2) is 36.1 Å². The quantitative estimate of drug-likeness (QED) is 0.674. The molecule has 5 heteroatoms. The van der Waals surface area contributed by atoms with Gasteiger partial charge in [-0.2, -0.15) is 0 Å². The third kappa shape index (κ3) is 1.82. The molecule has 1 amide bonds. The minimum absolute atomic E-state index is 0.196. The van der Waals surface area contributed by atoms with E-state index in [4.69, 9.17) is 5.73 Å². The lowest BCUT2D eigenvalue weighted by molar-refractivity contribution is 0.0758. The van der Waals surface area contributed by atoms with Crippen molar-refractivity contribution in [2.75, 3.05) is 20.1 Å². The van der Waals surface area contributed by atoms with Crippen molar-refractivity contribution in [1.29, 1.82) is 0 Å². The fourth-order valence-electron chi connectivity index (χ4n) is 0.809. The Morgan fingerprint density at radius 3 is 3.08 bits per heavy atom. The fourth-order valence-corrected chi connectivity index (χ4v) is 0.809. The molecular weight excluding hydrogens is 158 g/mol. The van der Waals surface area contributed by atoms with Crippen LogP contribution in [0, 0.1) is 0 Å². The molecule has 0 radical (unpaired) electrons. The molecule has 1 heterocycles. The number of nitrogens with zero attached hydrogens (tertiary/aromatic N) is 2. The molecule has 12 heavy (non-hydrogen) atoms. The lowest BCUT2D eigenvalue weighted by Crippen LogP contribution is -2.31. The first-order chi connectivity index (χ1) is 5.75. The van der Waals surface area contributed by atoms with Crippen LogP contribution in [0.4, 0.5) is 0 Å². The van der Waals surface area contributed by atoms with Gasteiger partial charge in [0.1, 0.15) is 0 Å². The number of hydrogen-bond donors (Lipinski definition) is 1. The minimum atomic E-state index is -0.196. The summed E-state index contributed by atoms with van der Waals surface area (Å²) in [6, 6.07) is 1.52. The van der Waals surface area contributed by atoms with Crippen LogP contribution in [0.2, 0.25) is 0 Å². The SMILES string of the molecule is CN(CCN)C(=O)c1ccno1. The van der Waals surface area contributed by atoms with E-state index in [-0.39, 0.29) is 11.7 Å². The smallest absolute Gasteiger partial charge is 0.292 e.